The molecule has 1 amide bonds. The lowest BCUT2D eigenvalue weighted by atomic mass is 10.2. The first-order chi connectivity index (χ1) is 20.8. The number of fused-ring (bicyclic) bond motifs is 1. The van der Waals surface area contributed by atoms with Crippen molar-refractivity contribution < 1.29 is 22.7 Å². The van der Waals surface area contributed by atoms with Crippen LogP contribution in [0.5, 0.6) is 11.5 Å². The molecule has 0 spiro atoms. The van der Waals surface area contributed by atoms with Crippen LogP contribution in [0.4, 0.5) is 5.13 Å². The largest absolute Gasteiger partial charge is 0.497 e. The fraction of sp³-hybridized carbons (Fsp3) is 0.156. The lowest BCUT2D eigenvalue weighted by molar-refractivity contribution is 0.0987. The molecule has 5 rings (SSSR count). The molecule has 4 aromatic carbocycles. The second-order valence-corrected chi connectivity index (χ2v) is 12.4. The van der Waals surface area contributed by atoms with Gasteiger partial charge in [0.15, 0.2) is 0 Å². The van der Waals surface area contributed by atoms with Gasteiger partial charge in [-0.25, -0.2) is 13.4 Å². The first-order valence-corrected chi connectivity index (χ1v) is 15.7. The number of hydrazone groups is 1. The zero-order chi connectivity index (χ0) is 30.4. The zero-order valence-corrected chi connectivity index (χ0v) is 25.5. The van der Waals surface area contributed by atoms with Crippen molar-refractivity contribution >= 4 is 48.8 Å². The number of thiazole rings is 1. The van der Waals surface area contributed by atoms with Crippen LogP contribution in [0.25, 0.3) is 10.2 Å². The van der Waals surface area contributed by atoms with E-state index in [1.165, 1.54) is 44.9 Å². The Morgan fingerprint density at radius 1 is 0.907 bits per heavy atom. The third-order valence-corrected chi connectivity index (χ3v) is 9.62. The maximum atomic E-state index is 13.8. The molecule has 0 unspecified atom stereocenters. The summed E-state index contributed by atoms with van der Waals surface area (Å²) in [5, 5.41) is 6.08. The van der Waals surface area contributed by atoms with Crippen molar-refractivity contribution in [3.8, 4) is 11.5 Å². The summed E-state index contributed by atoms with van der Waals surface area (Å²) in [5.74, 6) is 0.912. The van der Waals surface area contributed by atoms with Crippen molar-refractivity contribution in [2.24, 2.45) is 5.10 Å². The number of carbonyl (C=O) groups is 1. The van der Waals surface area contributed by atoms with E-state index in [2.05, 4.69) is 10.1 Å². The Bertz CT molecular complexity index is 1840. The van der Waals surface area contributed by atoms with Crippen LogP contribution in [0.3, 0.4) is 0 Å². The number of hydrogen-bond donors (Lipinski definition) is 0. The molecular weight excluding hydrogens is 585 g/mol. The van der Waals surface area contributed by atoms with Gasteiger partial charge in [-0.15, -0.1) is 0 Å². The number of nitrogens with zero attached hydrogens (tertiary/aromatic N) is 4. The molecule has 1 aromatic heterocycles. The molecule has 0 bridgehead atoms. The van der Waals surface area contributed by atoms with E-state index in [4.69, 9.17) is 9.47 Å². The van der Waals surface area contributed by atoms with E-state index in [-0.39, 0.29) is 17.0 Å². The van der Waals surface area contributed by atoms with Crippen LogP contribution in [-0.4, -0.2) is 50.6 Å². The van der Waals surface area contributed by atoms with Gasteiger partial charge in [-0.05, 0) is 77.9 Å². The van der Waals surface area contributed by atoms with Gasteiger partial charge in [0.2, 0.25) is 15.2 Å². The minimum absolute atomic E-state index is 0.0993. The van der Waals surface area contributed by atoms with Gasteiger partial charge in [-0.1, -0.05) is 48.6 Å². The minimum Gasteiger partial charge on any atom is -0.497 e. The molecule has 5 aromatic rings. The molecule has 0 saturated carbocycles. The van der Waals surface area contributed by atoms with Crippen molar-refractivity contribution in [1.82, 2.24) is 9.29 Å². The second kappa shape index (κ2) is 13.2. The molecule has 0 N–H and O–H groups in total. The summed E-state index contributed by atoms with van der Waals surface area (Å²) < 4.78 is 39.7. The molecule has 220 valence electrons. The number of anilines is 1. The summed E-state index contributed by atoms with van der Waals surface area (Å²) in [5.41, 5.74) is 2.59. The topological polar surface area (TPSA) is 101 Å². The van der Waals surface area contributed by atoms with Crippen molar-refractivity contribution in [2.75, 3.05) is 25.8 Å². The molecule has 0 aliphatic rings. The summed E-state index contributed by atoms with van der Waals surface area (Å²) in [6.45, 7) is 2.34. The molecule has 11 heteroatoms. The zero-order valence-electron chi connectivity index (χ0n) is 23.9. The number of amides is 1. The quantitative estimate of drug-likeness (QED) is 0.130. The van der Waals surface area contributed by atoms with E-state index in [0.717, 1.165) is 15.8 Å². The normalized spacial score (nSPS) is 11.7. The fourth-order valence-corrected chi connectivity index (χ4v) is 6.70. The van der Waals surface area contributed by atoms with Gasteiger partial charge in [0.25, 0.3) is 5.91 Å². The predicted molar refractivity (Wildman–Crippen MR) is 170 cm³/mol. The molecule has 0 aliphatic carbocycles. The Morgan fingerprint density at radius 3 is 2.23 bits per heavy atom. The maximum absolute atomic E-state index is 13.8. The number of ether oxygens (including phenoxy) is 2. The first kappa shape index (κ1) is 29.9. The summed E-state index contributed by atoms with van der Waals surface area (Å²) in [6.07, 6.45) is 1.56. The number of methoxy groups -OCH3 is 2. The second-order valence-electron chi connectivity index (χ2n) is 9.41. The molecule has 43 heavy (non-hydrogen) atoms. The number of aromatic nitrogens is 1. The Balaban J connectivity index is 1.45. The number of sulfonamides is 1. The van der Waals surface area contributed by atoms with Gasteiger partial charge in [0, 0.05) is 18.7 Å². The highest BCUT2D eigenvalue weighted by molar-refractivity contribution is 7.89. The van der Waals surface area contributed by atoms with Crippen molar-refractivity contribution in [1.29, 1.82) is 0 Å². The molecule has 0 saturated heterocycles. The Labute approximate surface area is 254 Å². The van der Waals surface area contributed by atoms with E-state index < -0.39 is 15.9 Å². The van der Waals surface area contributed by atoms with Crippen molar-refractivity contribution in [3.05, 3.63) is 114 Å². The molecular formula is C32H30N4O5S2. The minimum atomic E-state index is -3.79. The number of hydrogen-bond acceptors (Lipinski definition) is 8. The van der Waals surface area contributed by atoms with E-state index >= 15 is 0 Å². The average Bonchev–Trinajstić information content (AvgIpc) is 3.47. The smallest absolute Gasteiger partial charge is 0.280 e. The first-order valence-electron chi connectivity index (χ1n) is 13.4. The third-order valence-electron chi connectivity index (χ3n) is 6.69. The van der Waals surface area contributed by atoms with Gasteiger partial charge in [0.1, 0.15) is 11.5 Å². The van der Waals surface area contributed by atoms with E-state index in [1.807, 2.05) is 54.6 Å². The van der Waals surface area contributed by atoms with Gasteiger partial charge < -0.3 is 9.47 Å². The van der Waals surface area contributed by atoms with Crippen LogP contribution in [0, 0.1) is 0 Å². The van der Waals surface area contributed by atoms with Crippen LogP contribution in [0.15, 0.2) is 107 Å². The van der Waals surface area contributed by atoms with Crippen LogP contribution in [0.1, 0.15) is 28.4 Å². The fourth-order valence-electron chi connectivity index (χ4n) is 4.31. The molecule has 1 heterocycles. The third kappa shape index (κ3) is 6.75. The Morgan fingerprint density at radius 2 is 1.58 bits per heavy atom. The highest BCUT2D eigenvalue weighted by Crippen LogP contribution is 2.32. The van der Waals surface area contributed by atoms with E-state index in [0.29, 0.717) is 28.7 Å². The van der Waals surface area contributed by atoms with Crippen molar-refractivity contribution in [2.45, 2.75) is 18.4 Å². The molecule has 0 aliphatic heterocycles. The van der Waals surface area contributed by atoms with E-state index in [1.54, 1.807) is 45.6 Å². The monoisotopic (exact) mass is 614 g/mol. The molecule has 9 nitrogen and oxygen atoms in total. The number of benzene rings is 4. The molecule has 0 fully saturated rings. The summed E-state index contributed by atoms with van der Waals surface area (Å²) in [6, 6.07) is 28.0. The summed E-state index contributed by atoms with van der Waals surface area (Å²) >= 11 is 1.29. The summed E-state index contributed by atoms with van der Waals surface area (Å²) in [4.78, 5) is 18.6. The Hall–Kier alpha value is -4.58. The number of rotatable bonds is 11. The molecule has 0 radical (unpaired) electrons. The van der Waals surface area contributed by atoms with Gasteiger partial charge in [-0.3, -0.25) is 4.79 Å². The van der Waals surface area contributed by atoms with Crippen LogP contribution in [0.2, 0.25) is 0 Å². The van der Waals surface area contributed by atoms with Gasteiger partial charge in [-0.2, -0.15) is 14.4 Å². The highest BCUT2D eigenvalue weighted by Gasteiger charge is 2.25. The lowest BCUT2D eigenvalue weighted by Gasteiger charge is -2.21. The van der Waals surface area contributed by atoms with Crippen LogP contribution < -0.4 is 14.5 Å². The predicted octanol–water partition coefficient (Wildman–Crippen LogP) is 6.21. The summed E-state index contributed by atoms with van der Waals surface area (Å²) in [7, 11) is -0.619. The average molecular weight is 615 g/mol. The Kier molecular flexibility index (Phi) is 9.15. The highest BCUT2D eigenvalue weighted by atomic mass is 32.2. The van der Waals surface area contributed by atoms with Crippen molar-refractivity contribution in [3.63, 3.8) is 0 Å². The number of carbonyl (C=O) groups excluding carboxylic acids is 1. The standard InChI is InChI=1S/C32H30N4O5S2/c1-4-35(22-24-8-6-5-7-9-24)43(38,39)28-17-12-25(13-18-28)31(37)36(33-21-23-10-14-26(40-2)15-11-23)32-34-29-19-16-27(41-3)20-30(29)42-32/h5-21H,4,22H2,1-3H3/b33-21+. The maximum Gasteiger partial charge on any atom is 0.280 e. The SMILES string of the molecule is CCN(Cc1ccccc1)S(=O)(=O)c1ccc(C(=O)N(/N=C/c2ccc(OC)cc2)c2nc3ccc(OC)cc3s2)cc1. The molecule has 0 atom stereocenters. The van der Waals surface area contributed by atoms with Crippen LogP contribution >= 0.6 is 11.3 Å². The lowest BCUT2D eigenvalue weighted by Crippen LogP contribution is -2.30. The van der Waals surface area contributed by atoms with Gasteiger partial charge in [0.05, 0.1) is 35.5 Å². The van der Waals surface area contributed by atoms with Gasteiger partial charge >= 0.3 is 0 Å². The van der Waals surface area contributed by atoms with E-state index in [9.17, 15) is 13.2 Å². The van der Waals surface area contributed by atoms with Crippen LogP contribution in [-0.2, 0) is 16.6 Å².